The van der Waals surface area contributed by atoms with E-state index in [1.165, 1.54) is 18.4 Å². The first-order valence-electron chi connectivity index (χ1n) is 9.98. The van der Waals surface area contributed by atoms with E-state index in [1.807, 2.05) is 18.2 Å². The number of pyridine rings is 1. The van der Waals surface area contributed by atoms with Gasteiger partial charge in [-0.1, -0.05) is 11.3 Å². The van der Waals surface area contributed by atoms with Crippen LogP contribution >= 0.6 is 11.3 Å². The number of nitrogens with two attached hydrogens (primary N) is 1. The minimum atomic E-state index is -0.745. The zero-order valence-corrected chi connectivity index (χ0v) is 17.9. The predicted molar refractivity (Wildman–Crippen MR) is 117 cm³/mol. The Morgan fingerprint density at radius 1 is 1.23 bits per heavy atom. The highest BCUT2D eigenvalue weighted by atomic mass is 32.1. The SMILES string of the molecule is COC(=O)C(C)Oc1cc2c3c(c1)nc(-c1ccc4nc(N)sc4n1)n3CCCCO2. The van der Waals surface area contributed by atoms with Gasteiger partial charge in [-0.25, -0.2) is 19.7 Å². The summed E-state index contributed by atoms with van der Waals surface area (Å²) in [4.78, 5) is 26.4. The molecule has 0 radical (unpaired) electrons. The number of benzene rings is 1. The van der Waals surface area contributed by atoms with Crippen molar-refractivity contribution in [1.29, 1.82) is 0 Å². The van der Waals surface area contributed by atoms with E-state index in [-0.39, 0.29) is 0 Å². The van der Waals surface area contributed by atoms with E-state index in [4.69, 9.17) is 29.9 Å². The quantitative estimate of drug-likeness (QED) is 0.481. The molecule has 0 spiro atoms. The summed E-state index contributed by atoms with van der Waals surface area (Å²) < 4.78 is 18.7. The van der Waals surface area contributed by atoms with Crippen LogP contribution in [0.25, 0.3) is 32.9 Å². The van der Waals surface area contributed by atoms with Gasteiger partial charge in [-0.05, 0) is 31.9 Å². The van der Waals surface area contributed by atoms with E-state index in [1.54, 1.807) is 13.0 Å². The average molecular weight is 439 g/mol. The van der Waals surface area contributed by atoms with E-state index in [0.717, 1.165) is 46.8 Å². The van der Waals surface area contributed by atoms with Crippen molar-refractivity contribution in [3.63, 3.8) is 0 Å². The van der Waals surface area contributed by atoms with Gasteiger partial charge in [0, 0.05) is 18.7 Å². The third-order valence-corrected chi connectivity index (χ3v) is 5.96. The molecule has 3 aromatic heterocycles. The third-order valence-electron chi connectivity index (χ3n) is 5.16. The molecule has 0 amide bonds. The number of ether oxygens (including phenoxy) is 3. The van der Waals surface area contributed by atoms with Crippen molar-refractivity contribution in [1.82, 2.24) is 19.5 Å². The van der Waals surface area contributed by atoms with Gasteiger partial charge < -0.3 is 24.5 Å². The zero-order chi connectivity index (χ0) is 21.5. The molecule has 1 aliphatic heterocycles. The lowest BCUT2D eigenvalue weighted by atomic mass is 10.2. The Bertz CT molecular complexity index is 1300. The van der Waals surface area contributed by atoms with Crippen molar-refractivity contribution < 1.29 is 19.0 Å². The number of carbonyl (C=O) groups excluding carboxylic acids is 1. The number of nitrogen functional groups attached to an aromatic ring is 1. The molecule has 160 valence electrons. The largest absolute Gasteiger partial charge is 0.491 e. The average Bonchev–Trinajstić information content (AvgIpc) is 3.29. The van der Waals surface area contributed by atoms with Gasteiger partial charge in [-0.2, -0.15) is 0 Å². The molecule has 0 aliphatic carbocycles. The highest BCUT2D eigenvalue weighted by Gasteiger charge is 2.22. The van der Waals surface area contributed by atoms with E-state index in [0.29, 0.717) is 28.8 Å². The molecule has 4 aromatic rings. The van der Waals surface area contributed by atoms with Gasteiger partial charge in [0.1, 0.15) is 33.1 Å². The van der Waals surface area contributed by atoms with Crippen molar-refractivity contribution in [3.05, 3.63) is 24.3 Å². The van der Waals surface area contributed by atoms with Crippen LogP contribution in [0.2, 0.25) is 0 Å². The van der Waals surface area contributed by atoms with Crippen LogP contribution in [0.4, 0.5) is 5.13 Å². The number of nitrogens with zero attached hydrogens (tertiary/aromatic N) is 4. The number of imidazole rings is 1. The van der Waals surface area contributed by atoms with Crippen LogP contribution in [-0.4, -0.2) is 45.3 Å². The molecule has 1 aromatic carbocycles. The molecule has 0 bridgehead atoms. The standard InChI is InChI=1S/C21H21N5O4S/c1-11(20(27)28-2)30-12-9-15-17-16(10-12)29-8-4-3-7-26(17)18(23-15)13-5-6-14-19(24-13)31-21(22)25-14/h5-6,9-11H,3-4,7-8H2,1-2H3,(H2,22,25). The number of anilines is 1. The number of methoxy groups -OCH3 is 1. The molecule has 10 heteroatoms. The number of fused-ring (bicyclic) bond motifs is 1. The van der Waals surface area contributed by atoms with Crippen molar-refractivity contribution in [3.8, 4) is 23.0 Å². The fraction of sp³-hybridized carbons (Fsp3) is 0.333. The highest BCUT2D eigenvalue weighted by Crippen LogP contribution is 2.37. The van der Waals surface area contributed by atoms with Crippen molar-refractivity contribution in [2.75, 3.05) is 19.5 Å². The second-order valence-electron chi connectivity index (χ2n) is 7.29. The van der Waals surface area contributed by atoms with E-state index in [2.05, 4.69) is 9.55 Å². The van der Waals surface area contributed by atoms with Crippen LogP contribution in [-0.2, 0) is 16.1 Å². The number of hydrogen-bond acceptors (Lipinski definition) is 9. The van der Waals surface area contributed by atoms with Crippen LogP contribution < -0.4 is 15.2 Å². The lowest BCUT2D eigenvalue weighted by molar-refractivity contribution is -0.147. The van der Waals surface area contributed by atoms with Gasteiger partial charge in [-0.15, -0.1) is 0 Å². The lowest BCUT2D eigenvalue weighted by Crippen LogP contribution is -2.24. The molecule has 2 N–H and O–H groups in total. The fourth-order valence-corrected chi connectivity index (χ4v) is 4.43. The number of aromatic nitrogens is 4. The number of thiazole rings is 1. The van der Waals surface area contributed by atoms with Gasteiger partial charge >= 0.3 is 5.97 Å². The summed E-state index contributed by atoms with van der Waals surface area (Å²) in [6, 6.07) is 7.42. The minimum Gasteiger partial charge on any atom is -0.491 e. The zero-order valence-electron chi connectivity index (χ0n) is 17.1. The normalized spacial score (nSPS) is 14.6. The van der Waals surface area contributed by atoms with Crippen molar-refractivity contribution in [2.45, 2.75) is 32.4 Å². The summed E-state index contributed by atoms with van der Waals surface area (Å²) in [5.41, 5.74) is 8.95. The number of rotatable bonds is 4. The second kappa shape index (κ2) is 7.69. The number of aryl methyl sites for hydroxylation is 1. The van der Waals surface area contributed by atoms with Gasteiger partial charge in [0.15, 0.2) is 17.1 Å². The Labute approximate surface area is 181 Å². The molecule has 31 heavy (non-hydrogen) atoms. The monoisotopic (exact) mass is 439 g/mol. The first kappa shape index (κ1) is 19.6. The molecule has 5 rings (SSSR count). The predicted octanol–water partition coefficient (Wildman–Crippen LogP) is 3.40. The first-order chi connectivity index (χ1) is 15.0. The molecule has 0 saturated heterocycles. The van der Waals surface area contributed by atoms with Crippen molar-refractivity contribution >= 4 is 43.8 Å². The van der Waals surface area contributed by atoms with Gasteiger partial charge in [0.2, 0.25) is 0 Å². The number of hydrogen-bond donors (Lipinski definition) is 1. The van der Waals surface area contributed by atoms with E-state index in [9.17, 15) is 4.79 Å². The summed E-state index contributed by atoms with van der Waals surface area (Å²) in [6.45, 7) is 3.05. The fourth-order valence-electron chi connectivity index (χ4n) is 3.73. The second-order valence-corrected chi connectivity index (χ2v) is 8.30. The summed E-state index contributed by atoms with van der Waals surface area (Å²) in [7, 11) is 1.33. The molecule has 1 unspecified atom stereocenters. The molecule has 1 aliphatic rings. The summed E-state index contributed by atoms with van der Waals surface area (Å²) in [6.07, 6.45) is 1.14. The molecule has 4 heterocycles. The molecule has 0 fully saturated rings. The smallest absolute Gasteiger partial charge is 0.346 e. The Balaban J connectivity index is 1.65. The van der Waals surface area contributed by atoms with E-state index < -0.39 is 12.1 Å². The number of esters is 1. The van der Waals surface area contributed by atoms with Crippen molar-refractivity contribution in [2.24, 2.45) is 0 Å². The van der Waals surface area contributed by atoms with E-state index >= 15 is 0 Å². The topological polar surface area (TPSA) is 114 Å². The maximum atomic E-state index is 11.8. The molecule has 0 saturated carbocycles. The van der Waals surface area contributed by atoms with Crippen LogP contribution in [0.5, 0.6) is 11.5 Å². The molecule has 1 atom stereocenters. The first-order valence-corrected chi connectivity index (χ1v) is 10.8. The summed E-state index contributed by atoms with van der Waals surface area (Å²) in [5.74, 6) is 1.46. The Kier molecular flexibility index (Phi) is 4.85. The van der Waals surface area contributed by atoms with Gasteiger partial charge in [-0.3, -0.25) is 0 Å². The maximum absolute atomic E-state index is 11.8. The van der Waals surface area contributed by atoms with Crippen LogP contribution in [0.15, 0.2) is 24.3 Å². The van der Waals surface area contributed by atoms with Crippen LogP contribution in [0, 0.1) is 0 Å². The van der Waals surface area contributed by atoms with Crippen LogP contribution in [0.3, 0.4) is 0 Å². The highest BCUT2D eigenvalue weighted by molar-refractivity contribution is 7.21. The molecular formula is C21H21N5O4S. The third kappa shape index (κ3) is 3.52. The van der Waals surface area contributed by atoms with Gasteiger partial charge in [0.05, 0.1) is 19.2 Å². The maximum Gasteiger partial charge on any atom is 0.346 e. The Morgan fingerprint density at radius 3 is 2.94 bits per heavy atom. The van der Waals surface area contributed by atoms with Crippen LogP contribution in [0.1, 0.15) is 19.8 Å². The van der Waals surface area contributed by atoms with Gasteiger partial charge in [0.25, 0.3) is 0 Å². The minimum absolute atomic E-state index is 0.448. The number of carbonyl (C=O) groups is 1. The molecule has 9 nitrogen and oxygen atoms in total. The Morgan fingerprint density at radius 2 is 2.10 bits per heavy atom. The lowest BCUT2D eigenvalue weighted by Gasteiger charge is -2.18. The summed E-state index contributed by atoms with van der Waals surface area (Å²) in [5, 5.41) is 0.486. The Hall–Kier alpha value is -3.40. The summed E-state index contributed by atoms with van der Waals surface area (Å²) >= 11 is 1.35. The molecular weight excluding hydrogens is 418 g/mol.